The summed E-state index contributed by atoms with van der Waals surface area (Å²) in [5, 5.41) is 8.28. The molecule has 0 aliphatic rings. The first-order valence-electron chi connectivity index (χ1n) is 4.67. The normalized spacial score (nSPS) is 14.1. The van der Waals surface area contributed by atoms with Crippen molar-refractivity contribution in [2.24, 2.45) is 10.2 Å². The maximum absolute atomic E-state index is 4.18. The number of azo groups is 1. The molecule has 11 heavy (non-hydrogen) atoms. The van der Waals surface area contributed by atoms with E-state index in [4.69, 9.17) is 0 Å². The van der Waals surface area contributed by atoms with Crippen LogP contribution in [0.15, 0.2) is 10.2 Å². The van der Waals surface area contributed by atoms with Crippen molar-refractivity contribution in [3.63, 3.8) is 0 Å². The molecule has 0 bridgehead atoms. The zero-order valence-corrected chi connectivity index (χ0v) is 8.01. The van der Waals surface area contributed by atoms with Crippen LogP contribution >= 0.6 is 0 Å². The van der Waals surface area contributed by atoms with E-state index < -0.39 is 0 Å². The minimum atomic E-state index is 0.428. The molecule has 2 nitrogen and oxygen atoms in total. The van der Waals surface area contributed by atoms with Gasteiger partial charge < -0.3 is 0 Å². The van der Waals surface area contributed by atoms with Crippen molar-refractivity contribution in [3.8, 4) is 0 Å². The summed E-state index contributed by atoms with van der Waals surface area (Å²) in [5.41, 5.74) is 0. The highest BCUT2D eigenvalue weighted by Gasteiger charge is 1.94. The summed E-state index contributed by atoms with van der Waals surface area (Å²) in [6.45, 7) is 7.38. The Morgan fingerprint density at radius 2 is 1.91 bits per heavy atom. The predicted molar refractivity (Wildman–Crippen MR) is 49.0 cm³/mol. The Morgan fingerprint density at radius 1 is 1.18 bits per heavy atom. The molecule has 1 atom stereocenters. The number of hydrogen-bond donors (Lipinski definition) is 0. The lowest BCUT2D eigenvalue weighted by atomic mass is 10.2. The molecule has 66 valence electrons. The van der Waals surface area contributed by atoms with Gasteiger partial charge in [0.2, 0.25) is 0 Å². The van der Waals surface area contributed by atoms with Crippen LogP contribution in [0.3, 0.4) is 0 Å². The number of unbranched alkanes of at least 4 members (excludes halogenated alkanes) is 1. The highest BCUT2D eigenvalue weighted by atomic mass is 15.1. The quantitative estimate of drug-likeness (QED) is 0.416. The Labute approximate surface area is 70.1 Å². The van der Waals surface area contributed by atoms with Gasteiger partial charge in [-0.3, -0.25) is 0 Å². The third-order valence-corrected chi connectivity index (χ3v) is 1.60. The van der Waals surface area contributed by atoms with E-state index in [0.717, 1.165) is 13.0 Å². The van der Waals surface area contributed by atoms with E-state index in [-0.39, 0.29) is 0 Å². The predicted octanol–water partition coefficient (Wildman–Crippen LogP) is 3.43. The molecule has 0 radical (unpaired) electrons. The number of nitrogens with zero attached hydrogens (tertiary/aromatic N) is 2. The van der Waals surface area contributed by atoms with Gasteiger partial charge in [0.05, 0.1) is 12.6 Å². The Kier molecular flexibility index (Phi) is 7.42. The first-order valence-corrected chi connectivity index (χ1v) is 4.67. The fourth-order valence-corrected chi connectivity index (χ4v) is 0.901. The van der Waals surface area contributed by atoms with Gasteiger partial charge in [-0.05, 0) is 19.8 Å². The molecule has 0 heterocycles. The van der Waals surface area contributed by atoms with Crippen LogP contribution < -0.4 is 0 Å². The minimum absolute atomic E-state index is 0.428. The molecule has 0 aromatic carbocycles. The molecule has 2 heteroatoms. The highest BCUT2D eigenvalue weighted by Crippen LogP contribution is 2.00. The van der Waals surface area contributed by atoms with Gasteiger partial charge in [0.15, 0.2) is 0 Å². The van der Waals surface area contributed by atoms with E-state index in [9.17, 15) is 0 Å². The molecule has 0 aliphatic heterocycles. The lowest BCUT2D eigenvalue weighted by Gasteiger charge is -2.00. The average molecular weight is 156 g/mol. The van der Waals surface area contributed by atoms with E-state index in [1.807, 2.05) is 0 Å². The van der Waals surface area contributed by atoms with Gasteiger partial charge in [0.25, 0.3) is 0 Å². The molecule has 0 amide bonds. The molecule has 0 N–H and O–H groups in total. The summed E-state index contributed by atoms with van der Waals surface area (Å²) in [6.07, 6.45) is 4.74. The van der Waals surface area contributed by atoms with Crippen LogP contribution in [-0.4, -0.2) is 12.6 Å². The molecule has 0 spiro atoms. The SMILES string of the molecule is CCCCN=NC(C)CCC. The monoisotopic (exact) mass is 156 g/mol. The summed E-state index contributed by atoms with van der Waals surface area (Å²) in [5.74, 6) is 0. The maximum atomic E-state index is 4.18. The van der Waals surface area contributed by atoms with Crippen LogP contribution in [-0.2, 0) is 0 Å². The van der Waals surface area contributed by atoms with Crippen LogP contribution in [0.4, 0.5) is 0 Å². The van der Waals surface area contributed by atoms with Crippen molar-refractivity contribution in [2.45, 2.75) is 52.5 Å². The lowest BCUT2D eigenvalue weighted by molar-refractivity contribution is 0.606. The van der Waals surface area contributed by atoms with Crippen molar-refractivity contribution in [3.05, 3.63) is 0 Å². The smallest absolute Gasteiger partial charge is 0.0680 e. The fourth-order valence-electron chi connectivity index (χ4n) is 0.901. The van der Waals surface area contributed by atoms with Crippen LogP contribution in [0.2, 0.25) is 0 Å². The minimum Gasteiger partial charge on any atom is -0.194 e. The molecule has 1 unspecified atom stereocenters. The van der Waals surface area contributed by atoms with E-state index >= 15 is 0 Å². The van der Waals surface area contributed by atoms with Crippen molar-refractivity contribution in [1.29, 1.82) is 0 Å². The van der Waals surface area contributed by atoms with Gasteiger partial charge in [0, 0.05) is 0 Å². The fraction of sp³-hybridized carbons (Fsp3) is 1.00. The molecular formula is C9H20N2. The summed E-state index contributed by atoms with van der Waals surface area (Å²) in [7, 11) is 0. The van der Waals surface area contributed by atoms with E-state index in [0.29, 0.717) is 6.04 Å². The molecule has 0 saturated heterocycles. The van der Waals surface area contributed by atoms with Gasteiger partial charge >= 0.3 is 0 Å². The molecule has 0 rings (SSSR count). The average Bonchev–Trinajstić information content (AvgIpc) is 1.99. The number of hydrogen-bond acceptors (Lipinski definition) is 2. The van der Waals surface area contributed by atoms with Gasteiger partial charge in [-0.1, -0.05) is 26.7 Å². The second-order valence-electron chi connectivity index (χ2n) is 2.97. The Hall–Kier alpha value is -0.400. The van der Waals surface area contributed by atoms with Gasteiger partial charge in [-0.15, -0.1) is 0 Å². The van der Waals surface area contributed by atoms with Crippen molar-refractivity contribution >= 4 is 0 Å². The highest BCUT2D eigenvalue weighted by molar-refractivity contribution is 4.54. The molecule has 0 saturated carbocycles. The molecule has 0 fully saturated rings. The first-order chi connectivity index (χ1) is 5.31. The third kappa shape index (κ3) is 7.50. The second-order valence-corrected chi connectivity index (χ2v) is 2.97. The lowest BCUT2D eigenvalue weighted by Crippen LogP contribution is -1.95. The Morgan fingerprint density at radius 3 is 2.45 bits per heavy atom. The molecule has 0 aromatic rings. The van der Waals surface area contributed by atoms with Gasteiger partial charge in [-0.2, -0.15) is 10.2 Å². The van der Waals surface area contributed by atoms with Crippen molar-refractivity contribution < 1.29 is 0 Å². The summed E-state index contributed by atoms with van der Waals surface area (Å²) < 4.78 is 0. The summed E-state index contributed by atoms with van der Waals surface area (Å²) in [4.78, 5) is 0. The second kappa shape index (κ2) is 7.70. The zero-order valence-electron chi connectivity index (χ0n) is 8.01. The van der Waals surface area contributed by atoms with E-state index in [1.165, 1.54) is 19.3 Å². The zero-order chi connectivity index (χ0) is 8.53. The van der Waals surface area contributed by atoms with Crippen LogP contribution in [0.5, 0.6) is 0 Å². The van der Waals surface area contributed by atoms with E-state index in [2.05, 4.69) is 31.0 Å². The molecule has 0 aliphatic carbocycles. The van der Waals surface area contributed by atoms with Crippen molar-refractivity contribution in [2.75, 3.05) is 6.54 Å². The molecule has 0 aromatic heterocycles. The number of rotatable bonds is 6. The first kappa shape index (κ1) is 10.6. The summed E-state index contributed by atoms with van der Waals surface area (Å²) in [6, 6.07) is 0.428. The Bertz CT molecular complexity index is 99.7. The largest absolute Gasteiger partial charge is 0.194 e. The molecular weight excluding hydrogens is 136 g/mol. The third-order valence-electron chi connectivity index (χ3n) is 1.60. The topological polar surface area (TPSA) is 24.7 Å². The van der Waals surface area contributed by atoms with Crippen LogP contribution in [0.25, 0.3) is 0 Å². The van der Waals surface area contributed by atoms with Gasteiger partial charge in [0.1, 0.15) is 0 Å². The van der Waals surface area contributed by atoms with Crippen molar-refractivity contribution in [1.82, 2.24) is 0 Å². The standard InChI is InChI=1S/C9H20N2/c1-4-6-8-10-11-9(3)7-5-2/h9H,4-8H2,1-3H3. The maximum Gasteiger partial charge on any atom is 0.0680 e. The Balaban J connectivity index is 3.24. The van der Waals surface area contributed by atoms with Gasteiger partial charge in [-0.25, -0.2) is 0 Å². The van der Waals surface area contributed by atoms with Crippen LogP contribution in [0.1, 0.15) is 46.5 Å². The summed E-state index contributed by atoms with van der Waals surface area (Å²) >= 11 is 0. The van der Waals surface area contributed by atoms with Crippen LogP contribution in [0, 0.1) is 0 Å². The van der Waals surface area contributed by atoms with E-state index in [1.54, 1.807) is 0 Å².